The van der Waals surface area contributed by atoms with Crippen molar-refractivity contribution in [1.29, 1.82) is 0 Å². The van der Waals surface area contributed by atoms with Gasteiger partial charge in [-0.25, -0.2) is 9.78 Å². The third kappa shape index (κ3) is 2.51. The summed E-state index contributed by atoms with van der Waals surface area (Å²) in [4.78, 5) is 21.0. The third-order valence-electron chi connectivity index (χ3n) is 3.69. The molecule has 2 aromatic heterocycles. The average Bonchev–Trinajstić information content (AvgIpc) is 2.63. The standard InChI is InChI=1S/C19H13N3O/c23-19-21-18(15-9-5-2-6-10-15)20-17-12-11-16(13-22(17)19)14-7-3-1-4-8-14/h1-13H. The zero-order valence-electron chi connectivity index (χ0n) is 12.3. The van der Waals surface area contributed by atoms with Crippen molar-refractivity contribution in [3.63, 3.8) is 0 Å². The number of nitrogens with zero attached hydrogens (tertiary/aromatic N) is 3. The molecule has 0 saturated carbocycles. The lowest BCUT2D eigenvalue weighted by Crippen LogP contribution is -2.19. The first-order valence-electron chi connectivity index (χ1n) is 7.32. The van der Waals surface area contributed by atoms with Crippen LogP contribution >= 0.6 is 0 Å². The zero-order chi connectivity index (χ0) is 15.6. The highest BCUT2D eigenvalue weighted by atomic mass is 16.1. The summed E-state index contributed by atoms with van der Waals surface area (Å²) in [6, 6.07) is 23.2. The van der Waals surface area contributed by atoms with Crippen molar-refractivity contribution in [2.24, 2.45) is 0 Å². The number of hydrogen-bond donors (Lipinski definition) is 0. The second kappa shape index (κ2) is 5.50. The molecule has 23 heavy (non-hydrogen) atoms. The first-order valence-corrected chi connectivity index (χ1v) is 7.32. The van der Waals surface area contributed by atoms with E-state index in [4.69, 9.17) is 0 Å². The van der Waals surface area contributed by atoms with Crippen LogP contribution in [0.3, 0.4) is 0 Å². The second-order valence-electron chi connectivity index (χ2n) is 5.21. The van der Waals surface area contributed by atoms with Gasteiger partial charge in [-0.05, 0) is 23.3 Å². The molecular weight excluding hydrogens is 286 g/mol. The molecule has 4 nitrogen and oxygen atoms in total. The highest BCUT2D eigenvalue weighted by molar-refractivity contribution is 5.65. The summed E-state index contributed by atoms with van der Waals surface area (Å²) in [6.07, 6.45) is 1.78. The minimum absolute atomic E-state index is 0.327. The Bertz CT molecular complexity index is 1020. The van der Waals surface area contributed by atoms with Gasteiger partial charge < -0.3 is 0 Å². The maximum Gasteiger partial charge on any atom is 0.355 e. The minimum atomic E-state index is -0.327. The topological polar surface area (TPSA) is 47.3 Å². The van der Waals surface area contributed by atoms with E-state index in [0.29, 0.717) is 11.5 Å². The number of hydrogen-bond acceptors (Lipinski definition) is 3. The molecule has 0 amide bonds. The Morgan fingerprint density at radius 3 is 2.00 bits per heavy atom. The molecular formula is C19H13N3O. The van der Waals surface area contributed by atoms with E-state index in [1.54, 1.807) is 6.20 Å². The van der Waals surface area contributed by atoms with Crippen LogP contribution in [0.2, 0.25) is 0 Å². The fourth-order valence-electron chi connectivity index (χ4n) is 2.53. The Hall–Kier alpha value is -3.27. The quantitative estimate of drug-likeness (QED) is 0.570. The summed E-state index contributed by atoms with van der Waals surface area (Å²) in [5, 5.41) is 0. The number of pyridine rings is 1. The van der Waals surface area contributed by atoms with Gasteiger partial charge >= 0.3 is 5.69 Å². The fraction of sp³-hybridized carbons (Fsp3) is 0. The number of rotatable bonds is 2. The van der Waals surface area contributed by atoms with Crippen molar-refractivity contribution in [1.82, 2.24) is 14.4 Å². The van der Waals surface area contributed by atoms with Crippen molar-refractivity contribution in [3.8, 4) is 22.5 Å². The molecule has 0 fully saturated rings. The first kappa shape index (κ1) is 13.4. The predicted octanol–water partition coefficient (Wildman–Crippen LogP) is 3.42. The van der Waals surface area contributed by atoms with Gasteiger partial charge in [0.05, 0.1) is 0 Å². The lowest BCUT2D eigenvalue weighted by Gasteiger charge is -2.06. The second-order valence-corrected chi connectivity index (χ2v) is 5.21. The number of aromatic nitrogens is 3. The molecule has 4 heteroatoms. The Balaban J connectivity index is 1.88. The van der Waals surface area contributed by atoms with Crippen molar-refractivity contribution < 1.29 is 0 Å². The van der Waals surface area contributed by atoms with Crippen LogP contribution < -0.4 is 5.69 Å². The van der Waals surface area contributed by atoms with Gasteiger partial charge in [0.2, 0.25) is 0 Å². The van der Waals surface area contributed by atoms with Crippen LogP contribution in [0.5, 0.6) is 0 Å². The zero-order valence-corrected chi connectivity index (χ0v) is 12.3. The van der Waals surface area contributed by atoms with Crippen LogP contribution in [0.15, 0.2) is 83.8 Å². The number of fused-ring (bicyclic) bond motifs is 1. The summed E-state index contributed by atoms with van der Waals surface area (Å²) >= 11 is 0. The fourth-order valence-corrected chi connectivity index (χ4v) is 2.53. The Morgan fingerprint density at radius 1 is 0.652 bits per heavy atom. The largest absolute Gasteiger partial charge is 0.355 e. The molecule has 0 aliphatic carbocycles. The normalized spacial score (nSPS) is 10.8. The van der Waals surface area contributed by atoms with Crippen molar-refractivity contribution in [2.45, 2.75) is 0 Å². The van der Waals surface area contributed by atoms with Crippen molar-refractivity contribution in [2.75, 3.05) is 0 Å². The molecule has 0 atom stereocenters. The van der Waals surface area contributed by atoms with Gasteiger partial charge in [-0.1, -0.05) is 60.7 Å². The molecule has 110 valence electrons. The van der Waals surface area contributed by atoms with Crippen LogP contribution in [-0.4, -0.2) is 14.4 Å². The average molecular weight is 299 g/mol. The van der Waals surface area contributed by atoms with Crippen LogP contribution in [0.4, 0.5) is 0 Å². The van der Waals surface area contributed by atoms with E-state index in [2.05, 4.69) is 9.97 Å². The molecule has 0 aliphatic rings. The van der Waals surface area contributed by atoms with Gasteiger partial charge in [-0.2, -0.15) is 4.98 Å². The predicted molar refractivity (Wildman–Crippen MR) is 90.1 cm³/mol. The molecule has 0 radical (unpaired) electrons. The van der Waals surface area contributed by atoms with Crippen LogP contribution in [0.25, 0.3) is 28.2 Å². The molecule has 2 aromatic carbocycles. The van der Waals surface area contributed by atoms with Crippen LogP contribution in [0.1, 0.15) is 0 Å². The van der Waals surface area contributed by atoms with Crippen molar-refractivity contribution in [3.05, 3.63) is 89.5 Å². The SMILES string of the molecule is O=c1nc(-c2ccccc2)nc2ccc(-c3ccccc3)cn12. The number of benzene rings is 2. The van der Waals surface area contributed by atoms with Gasteiger partial charge in [0, 0.05) is 11.8 Å². The van der Waals surface area contributed by atoms with E-state index in [9.17, 15) is 4.79 Å². The van der Waals surface area contributed by atoms with Gasteiger partial charge in [0.25, 0.3) is 0 Å². The summed E-state index contributed by atoms with van der Waals surface area (Å²) in [5.41, 5.74) is 3.10. The molecule has 0 spiro atoms. The highest BCUT2D eigenvalue weighted by Gasteiger charge is 2.07. The summed E-state index contributed by atoms with van der Waals surface area (Å²) in [7, 11) is 0. The van der Waals surface area contributed by atoms with E-state index in [0.717, 1.165) is 16.7 Å². The smallest absolute Gasteiger partial charge is 0.251 e. The molecule has 0 bridgehead atoms. The summed E-state index contributed by atoms with van der Waals surface area (Å²) < 4.78 is 1.48. The van der Waals surface area contributed by atoms with Crippen molar-refractivity contribution >= 4 is 5.65 Å². The summed E-state index contributed by atoms with van der Waals surface area (Å²) in [6.45, 7) is 0. The maximum absolute atomic E-state index is 12.4. The van der Waals surface area contributed by atoms with E-state index < -0.39 is 0 Å². The summed E-state index contributed by atoms with van der Waals surface area (Å²) in [5.74, 6) is 0.447. The molecule has 0 unspecified atom stereocenters. The molecule has 0 saturated heterocycles. The molecule has 4 aromatic rings. The first-order chi connectivity index (χ1) is 11.3. The highest BCUT2D eigenvalue weighted by Crippen LogP contribution is 2.19. The Labute approximate surface area is 132 Å². The maximum atomic E-state index is 12.4. The molecule has 0 aliphatic heterocycles. The van der Waals surface area contributed by atoms with Gasteiger partial charge in [-0.15, -0.1) is 0 Å². The Morgan fingerprint density at radius 2 is 1.30 bits per heavy atom. The van der Waals surface area contributed by atoms with Gasteiger partial charge in [0.15, 0.2) is 5.82 Å². The van der Waals surface area contributed by atoms with E-state index in [1.165, 1.54) is 4.40 Å². The Kier molecular flexibility index (Phi) is 3.20. The minimum Gasteiger partial charge on any atom is -0.251 e. The van der Waals surface area contributed by atoms with E-state index in [-0.39, 0.29) is 5.69 Å². The molecule has 0 N–H and O–H groups in total. The third-order valence-corrected chi connectivity index (χ3v) is 3.69. The van der Waals surface area contributed by atoms with Crippen LogP contribution in [0, 0.1) is 0 Å². The lowest BCUT2D eigenvalue weighted by molar-refractivity contribution is 0.949. The van der Waals surface area contributed by atoms with Crippen LogP contribution in [-0.2, 0) is 0 Å². The van der Waals surface area contributed by atoms with E-state index in [1.807, 2.05) is 72.8 Å². The lowest BCUT2D eigenvalue weighted by atomic mass is 10.1. The van der Waals surface area contributed by atoms with Gasteiger partial charge in [0.1, 0.15) is 5.65 Å². The molecule has 4 rings (SSSR count). The molecule has 2 heterocycles. The van der Waals surface area contributed by atoms with Gasteiger partial charge in [-0.3, -0.25) is 4.40 Å². The van der Waals surface area contributed by atoms with E-state index >= 15 is 0 Å². The monoisotopic (exact) mass is 299 g/mol.